The van der Waals surface area contributed by atoms with Gasteiger partial charge in [0.05, 0.1) is 6.33 Å². The molecule has 2 rings (SSSR count). The summed E-state index contributed by atoms with van der Waals surface area (Å²) >= 11 is 0. The van der Waals surface area contributed by atoms with Gasteiger partial charge < -0.3 is 10.3 Å². The minimum Gasteiger partial charge on any atom is -0.334 e. The minimum absolute atomic E-state index is 0.405. The number of rotatable bonds is 1. The number of aromatic nitrogens is 2. The van der Waals surface area contributed by atoms with Crippen molar-refractivity contribution in [2.75, 3.05) is 0 Å². The van der Waals surface area contributed by atoms with Gasteiger partial charge in [0.25, 0.3) is 0 Å². The molecule has 2 atom stereocenters. The highest BCUT2D eigenvalue weighted by atomic mass is 15.1. The summed E-state index contributed by atoms with van der Waals surface area (Å²) in [7, 11) is 0. The number of hydrogen-bond acceptors (Lipinski definition) is 2. The van der Waals surface area contributed by atoms with Crippen molar-refractivity contribution >= 4 is 0 Å². The maximum atomic E-state index is 5.80. The smallest absolute Gasteiger partial charge is 0.0948 e. The third-order valence-corrected chi connectivity index (χ3v) is 2.39. The van der Waals surface area contributed by atoms with E-state index >= 15 is 0 Å². The summed E-state index contributed by atoms with van der Waals surface area (Å²) in [4.78, 5) is 4.01. The fraction of sp³-hybridized carbons (Fsp3) is 0.625. The maximum Gasteiger partial charge on any atom is 0.0948 e. The summed E-state index contributed by atoms with van der Waals surface area (Å²) in [5.41, 5.74) is 5.80. The molecule has 0 bridgehead atoms. The van der Waals surface area contributed by atoms with Crippen molar-refractivity contribution in [1.82, 2.24) is 9.55 Å². The predicted molar refractivity (Wildman–Crippen MR) is 43.1 cm³/mol. The molecule has 2 N–H and O–H groups in total. The molecule has 0 aliphatic heterocycles. The van der Waals surface area contributed by atoms with Crippen molar-refractivity contribution in [3.8, 4) is 0 Å². The van der Waals surface area contributed by atoms with E-state index in [2.05, 4.69) is 9.55 Å². The standard InChI is InChI=1S/C8H13N3/c9-7-1-2-8(5-7)11-4-3-10-6-11/h3-4,6-8H,1-2,5,9H2. The van der Waals surface area contributed by atoms with Crippen LogP contribution in [0, 0.1) is 0 Å². The van der Waals surface area contributed by atoms with Crippen LogP contribution in [0.2, 0.25) is 0 Å². The van der Waals surface area contributed by atoms with Gasteiger partial charge in [-0.25, -0.2) is 4.98 Å². The molecule has 60 valence electrons. The summed E-state index contributed by atoms with van der Waals surface area (Å²) in [6.45, 7) is 0. The Balaban J connectivity index is 2.08. The SMILES string of the molecule is NC1CCC(n2ccnc2)C1. The van der Waals surface area contributed by atoms with Gasteiger partial charge in [-0.05, 0) is 19.3 Å². The van der Waals surface area contributed by atoms with Crippen molar-refractivity contribution in [3.05, 3.63) is 18.7 Å². The summed E-state index contributed by atoms with van der Waals surface area (Å²) in [6.07, 6.45) is 9.19. The Morgan fingerprint density at radius 3 is 2.91 bits per heavy atom. The fourth-order valence-electron chi connectivity index (χ4n) is 1.75. The zero-order valence-corrected chi connectivity index (χ0v) is 6.48. The van der Waals surface area contributed by atoms with E-state index in [4.69, 9.17) is 5.73 Å². The first-order valence-electron chi connectivity index (χ1n) is 4.09. The van der Waals surface area contributed by atoms with Crippen LogP contribution in [-0.2, 0) is 0 Å². The Morgan fingerprint density at radius 1 is 1.45 bits per heavy atom. The number of imidazole rings is 1. The number of hydrogen-bond donors (Lipinski definition) is 1. The quantitative estimate of drug-likeness (QED) is 0.649. The highest BCUT2D eigenvalue weighted by Gasteiger charge is 2.22. The molecule has 0 saturated heterocycles. The minimum atomic E-state index is 0.405. The second kappa shape index (κ2) is 2.66. The van der Waals surface area contributed by atoms with E-state index in [-0.39, 0.29) is 0 Å². The van der Waals surface area contributed by atoms with Crippen LogP contribution in [0.5, 0.6) is 0 Å². The largest absolute Gasteiger partial charge is 0.334 e. The molecule has 1 heterocycles. The predicted octanol–water partition coefficient (Wildman–Crippen LogP) is 0.935. The lowest BCUT2D eigenvalue weighted by Crippen LogP contribution is -2.15. The molecule has 0 radical (unpaired) electrons. The second-order valence-electron chi connectivity index (χ2n) is 3.24. The van der Waals surface area contributed by atoms with Gasteiger partial charge in [-0.1, -0.05) is 0 Å². The van der Waals surface area contributed by atoms with Crippen LogP contribution in [0.4, 0.5) is 0 Å². The molecule has 1 fully saturated rings. The van der Waals surface area contributed by atoms with Crippen molar-refractivity contribution in [3.63, 3.8) is 0 Å². The first-order chi connectivity index (χ1) is 5.36. The van der Waals surface area contributed by atoms with Crippen molar-refractivity contribution < 1.29 is 0 Å². The van der Waals surface area contributed by atoms with E-state index in [1.54, 1.807) is 0 Å². The topological polar surface area (TPSA) is 43.8 Å². The Labute approximate surface area is 66.2 Å². The molecule has 3 nitrogen and oxygen atoms in total. The first kappa shape index (κ1) is 6.85. The van der Waals surface area contributed by atoms with Crippen LogP contribution < -0.4 is 5.73 Å². The van der Waals surface area contributed by atoms with Crippen LogP contribution in [0.1, 0.15) is 25.3 Å². The first-order valence-corrected chi connectivity index (χ1v) is 4.09. The fourth-order valence-corrected chi connectivity index (χ4v) is 1.75. The molecular weight excluding hydrogens is 138 g/mol. The maximum absolute atomic E-state index is 5.80. The molecule has 1 aromatic rings. The van der Waals surface area contributed by atoms with Gasteiger partial charge in [-0.2, -0.15) is 0 Å². The lowest BCUT2D eigenvalue weighted by Gasteiger charge is -2.09. The normalized spacial score (nSPS) is 31.0. The molecule has 0 amide bonds. The summed E-state index contributed by atoms with van der Waals surface area (Å²) in [6, 6.07) is 1.01. The molecule has 1 aliphatic carbocycles. The third kappa shape index (κ3) is 1.28. The molecule has 11 heavy (non-hydrogen) atoms. The second-order valence-corrected chi connectivity index (χ2v) is 3.24. The van der Waals surface area contributed by atoms with Crippen LogP contribution in [0.3, 0.4) is 0 Å². The Morgan fingerprint density at radius 2 is 2.36 bits per heavy atom. The number of nitrogens with zero attached hydrogens (tertiary/aromatic N) is 2. The Bertz CT molecular complexity index is 217. The van der Waals surface area contributed by atoms with Crippen LogP contribution >= 0.6 is 0 Å². The van der Waals surface area contributed by atoms with Gasteiger partial charge in [0.15, 0.2) is 0 Å². The van der Waals surface area contributed by atoms with E-state index in [0.29, 0.717) is 12.1 Å². The van der Waals surface area contributed by atoms with Crippen LogP contribution in [0.25, 0.3) is 0 Å². The average Bonchev–Trinajstić information content (AvgIpc) is 2.55. The van der Waals surface area contributed by atoms with E-state index < -0.39 is 0 Å². The molecule has 2 unspecified atom stereocenters. The zero-order chi connectivity index (χ0) is 7.68. The molecular formula is C8H13N3. The van der Waals surface area contributed by atoms with Crippen LogP contribution in [-0.4, -0.2) is 15.6 Å². The molecule has 1 aliphatic rings. The average molecular weight is 151 g/mol. The Kier molecular flexibility index (Phi) is 1.66. The molecule has 0 aromatic carbocycles. The van der Waals surface area contributed by atoms with Gasteiger partial charge >= 0.3 is 0 Å². The van der Waals surface area contributed by atoms with Gasteiger partial charge in [0, 0.05) is 24.5 Å². The van der Waals surface area contributed by atoms with Gasteiger partial charge in [-0.3, -0.25) is 0 Å². The molecule has 1 saturated carbocycles. The highest BCUT2D eigenvalue weighted by molar-refractivity contribution is 4.87. The molecule has 0 spiro atoms. The molecule has 3 heteroatoms. The van der Waals surface area contributed by atoms with Gasteiger partial charge in [-0.15, -0.1) is 0 Å². The monoisotopic (exact) mass is 151 g/mol. The van der Waals surface area contributed by atoms with Crippen LogP contribution in [0.15, 0.2) is 18.7 Å². The third-order valence-electron chi connectivity index (χ3n) is 2.39. The molecule has 1 aromatic heterocycles. The van der Waals surface area contributed by atoms with Gasteiger partial charge in [0.2, 0.25) is 0 Å². The lowest BCUT2D eigenvalue weighted by atomic mass is 10.2. The van der Waals surface area contributed by atoms with Crippen molar-refractivity contribution in [2.24, 2.45) is 5.73 Å². The van der Waals surface area contributed by atoms with Crippen molar-refractivity contribution in [1.29, 1.82) is 0 Å². The summed E-state index contributed by atoms with van der Waals surface area (Å²) < 4.78 is 2.16. The van der Waals surface area contributed by atoms with E-state index in [1.165, 1.54) is 6.42 Å². The van der Waals surface area contributed by atoms with Gasteiger partial charge in [0.1, 0.15) is 0 Å². The lowest BCUT2D eigenvalue weighted by molar-refractivity contribution is 0.509. The highest BCUT2D eigenvalue weighted by Crippen LogP contribution is 2.27. The zero-order valence-electron chi connectivity index (χ0n) is 6.48. The van der Waals surface area contributed by atoms with Crippen molar-refractivity contribution in [2.45, 2.75) is 31.3 Å². The summed E-state index contributed by atoms with van der Waals surface area (Å²) in [5.74, 6) is 0. The van der Waals surface area contributed by atoms with E-state index in [0.717, 1.165) is 12.8 Å². The Hall–Kier alpha value is -0.830. The summed E-state index contributed by atoms with van der Waals surface area (Å²) in [5, 5.41) is 0. The number of nitrogens with two attached hydrogens (primary N) is 1. The van der Waals surface area contributed by atoms with E-state index in [9.17, 15) is 0 Å². The van der Waals surface area contributed by atoms with E-state index in [1.807, 2.05) is 18.7 Å².